The first kappa shape index (κ1) is 19.4. The molecule has 0 spiro atoms. The first-order valence-corrected chi connectivity index (χ1v) is 9.40. The fourth-order valence-corrected chi connectivity index (χ4v) is 3.11. The van der Waals surface area contributed by atoms with E-state index in [0.29, 0.717) is 17.2 Å². The summed E-state index contributed by atoms with van der Waals surface area (Å²) in [6.07, 6.45) is 1.71. The summed E-state index contributed by atoms with van der Waals surface area (Å²) in [6.45, 7) is 0. The minimum atomic E-state index is 0.627. The molecule has 30 heavy (non-hydrogen) atoms. The fraction of sp³-hybridized carbons (Fsp3) is 0.125. The van der Waals surface area contributed by atoms with Crippen LogP contribution in [0.15, 0.2) is 72.9 Å². The van der Waals surface area contributed by atoms with E-state index in [1.807, 2.05) is 66.7 Å². The maximum absolute atomic E-state index is 6.12. The van der Waals surface area contributed by atoms with Crippen LogP contribution in [0.1, 0.15) is 0 Å². The van der Waals surface area contributed by atoms with Crippen LogP contribution in [0, 0.1) is 0 Å². The molecule has 1 heterocycles. The van der Waals surface area contributed by atoms with Gasteiger partial charge in [-0.3, -0.25) is 4.98 Å². The van der Waals surface area contributed by atoms with Crippen molar-refractivity contribution in [1.82, 2.24) is 4.98 Å². The Kier molecular flexibility index (Phi) is 5.57. The fourth-order valence-electron chi connectivity index (χ4n) is 3.11. The minimum Gasteiger partial charge on any atom is -0.497 e. The summed E-state index contributed by atoms with van der Waals surface area (Å²) in [6, 6.07) is 21.1. The number of hydrogen-bond acceptors (Lipinski definition) is 6. The van der Waals surface area contributed by atoms with Crippen molar-refractivity contribution in [3.63, 3.8) is 0 Å². The van der Waals surface area contributed by atoms with Crippen LogP contribution in [0.5, 0.6) is 28.7 Å². The first-order valence-electron chi connectivity index (χ1n) is 9.40. The van der Waals surface area contributed by atoms with Gasteiger partial charge in [-0.25, -0.2) is 0 Å². The van der Waals surface area contributed by atoms with E-state index in [1.54, 1.807) is 27.5 Å². The molecule has 0 bridgehead atoms. The molecule has 0 saturated carbocycles. The van der Waals surface area contributed by atoms with Crippen LogP contribution in [0.3, 0.4) is 0 Å². The van der Waals surface area contributed by atoms with Crippen molar-refractivity contribution in [1.29, 1.82) is 0 Å². The summed E-state index contributed by atoms with van der Waals surface area (Å²) in [4.78, 5) is 4.41. The van der Waals surface area contributed by atoms with Crippen LogP contribution < -0.4 is 24.3 Å². The number of pyridine rings is 1. The van der Waals surface area contributed by atoms with Gasteiger partial charge in [0.25, 0.3) is 0 Å². The number of benzene rings is 3. The van der Waals surface area contributed by atoms with Crippen LogP contribution in [0.4, 0.5) is 11.4 Å². The van der Waals surface area contributed by atoms with Crippen molar-refractivity contribution >= 4 is 22.3 Å². The zero-order valence-electron chi connectivity index (χ0n) is 17.0. The maximum atomic E-state index is 6.12. The third-order valence-corrected chi connectivity index (χ3v) is 4.67. The SMILES string of the molecule is COc1ccc(Nc2ccc(Oc3ccnc4cc(OC)c(OC)cc34)cc2)cc1. The Labute approximate surface area is 175 Å². The maximum Gasteiger partial charge on any atom is 0.162 e. The summed E-state index contributed by atoms with van der Waals surface area (Å²) >= 11 is 0. The number of rotatable bonds is 7. The highest BCUT2D eigenvalue weighted by Crippen LogP contribution is 2.37. The van der Waals surface area contributed by atoms with E-state index in [4.69, 9.17) is 18.9 Å². The van der Waals surface area contributed by atoms with Crippen molar-refractivity contribution in [2.45, 2.75) is 0 Å². The van der Waals surface area contributed by atoms with E-state index in [0.717, 1.165) is 33.8 Å². The quantitative estimate of drug-likeness (QED) is 0.422. The molecule has 0 atom stereocenters. The van der Waals surface area contributed by atoms with Crippen molar-refractivity contribution in [3.8, 4) is 28.7 Å². The van der Waals surface area contributed by atoms with E-state index in [1.165, 1.54) is 0 Å². The number of ether oxygens (including phenoxy) is 4. The summed E-state index contributed by atoms with van der Waals surface area (Å²) in [5.41, 5.74) is 2.70. The molecule has 0 aliphatic rings. The zero-order valence-corrected chi connectivity index (χ0v) is 17.0. The second-order valence-corrected chi connectivity index (χ2v) is 6.51. The van der Waals surface area contributed by atoms with E-state index in [9.17, 15) is 0 Å². The lowest BCUT2D eigenvalue weighted by molar-refractivity contribution is 0.355. The molecule has 4 aromatic rings. The number of anilines is 2. The summed E-state index contributed by atoms with van der Waals surface area (Å²) in [7, 11) is 4.86. The van der Waals surface area contributed by atoms with Gasteiger partial charge in [-0.2, -0.15) is 0 Å². The molecule has 0 fully saturated rings. The molecule has 152 valence electrons. The lowest BCUT2D eigenvalue weighted by atomic mass is 10.2. The van der Waals surface area contributed by atoms with Gasteiger partial charge >= 0.3 is 0 Å². The highest BCUT2D eigenvalue weighted by molar-refractivity contribution is 5.88. The van der Waals surface area contributed by atoms with E-state index in [-0.39, 0.29) is 0 Å². The van der Waals surface area contributed by atoms with Gasteiger partial charge in [-0.05, 0) is 60.7 Å². The third kappa shape index (κ3) is 4.07. The van der Waals surface area contributed by atoms with Crippen molar-refractivity contribution in [3.05, 3.63) is 72.9 Å². The topological polar surface area (TPSA) is 61.8 Å². The zero-order chi connectivity index (χ0) is 20.9. The Balaban J connectivity index is 1.54. The monoisotopic (exact) mass is 402 g/mol. The number of methoxy groups -OCH3 is 3. The Morgan fingerprint density at radius 1 is 0.633 bits per heavy atom. The molecule has 4 rings (SSSR count). The Morgan fingerprint density at radius 2 is 1.23 bits per heavy atom. The molecule has 3 aromatic carbocycles. The molecule has 6 heteroatoms. The average Bonchev–Trinajstić information content (AvgIpc) is 2.80. The molecule has 0 saturated heterocycles. The summed E-state index contributed by atoms with van der Waals surface area (Å²) in [5, 5.41) is 4.20. The molecule has 0 aliphatic carbocycles. The van der Waals surface area contributed by atoms with E-state index < -0.39 is 0 Å². The van der Waals surface area contributed by atoms with Gasteiger partial charge < -0.3 is 24.3 Å². The molecule has 1 aromatic heterocycles. The third-order valence-electron chi connectivity index (χ3n) is 4.67. The number of aromatic nitrogens is 1. The van der Waals surface area contributed by atoms with Crippen LogP contribution in [-0.2, 0) is 0 Å². The van der Waals surface area contributed by atoms with Gasteiger partial charge in [0.1, 0.15) is 17.2 Å². The van der Waals surface area contributed by atoms with Gasteiger partial charge in [-0.15, -0.1) is 0 Å². The van der Waals surface area contributed by atoms with E-state index >= 15 is 0 Å². The van der Waals surface area contributed by atoms with E-state index in [2.05, 4.69) is 10.3 Å². The Bertz CT molecular complexity index is 1140. The largest absolute Gasteiger partial charge is 0.497 e. The Morgan fingerprint density at radius 3 is 1.83 bits per heavy atom. The molecule has 6 nitrogen and oxygen atoms in total. The molecule has 0 unspecified atom stereocenters. The van der Waals surface area contributed by atoms with Crippen LogP contribution in [0.25, 0.3) is 10.9 Å². The van der Waals surface area contributed by atoms with Gasteiger partial charge in [0.2, 0.25) is 0 Å². The van der Waals surface area contributed by atoms with Crippen LogP contribution in [0.2, 0.25) is 0 Å². The van der Waals surface area contributed by atoms with Crippen molar-refractivity contribution < 1.29 is 18.9 Å². The predicted octanol–water partition coefficient (Wildman–Crippen LogP) is 5.80. The van der Waals surface area contributed by atoms with Gasteiger partial charge in [-0.1, -0.05) is 0 Å². The highest BCUT2D eigenvalue weighted by atomic mass is 16.5. The highest BCUT2D eigenvalue weighted by Gasteiger charge is 2.11. The normalized spacial score (nSPS) is 10.5. The summed E-state index contributed by atoms with van der Waals surface area (Å²) in [5.74, 6) is 3.49. The lowest BCUT2D eigenvalue weighted by Gasteiger charge is -2.13. The number of nitrogens with one attached hydrogen (secondary N) is 1. The second kappa shape index (κ2) is 8.61. The number of nitrogens with zero attached hydrogens (tertiary/aromatic N) is 1. The van der Waals surface area contributed by atoms with Crippen molar-refractivity contribution in [2.24, 2.45) is 0 Å². The van der Waals surface area contributed by atoms with Gasteiger partial charge in [0.05, 0.1) is 26.8 Å². The molecule has 1 N–H and O–H groups in total. The minimum absolute atomic E-state index is 0.627. The first-order chi connectivity index (χ1) is 14.7. The number of fused-ring (bicyclic) bond motifs is 1. The van der Waals surface area contributed by atoms with Crippen molar-refractivity contribution in [2.75, 3.05) is 26.6 Å². The number of hydrogen-bond donors (Lipinski definition) is 1. The predicted molar refractivity (Wildman–Crippen MR) is 118 cm³/mol. The molecular formula is C24H22N2O4. The van der Waals surface area contributed by atoms with Gasteiger partial charge in [0, 0.05) is 29.0 Å². The smallest absolute Gasteiger partial charge is 0.162 e. The molecule has 0 aliphatic heterocycles. The second-order valence-electron chi connectivity index (χ2n) is 6.51. The van der Waals surface area contributed by atoms with Gasteiger partial charge in [0.15, 0.2) is 11.5 Å². The summed E-state index contributed by atoms with van der Waals surface area (Å²) < 4.78 is 22.1. The molecule has 0 amide bonds. The Hall–Kier alpha value is -3.93. The average molecular weight is 402 g/mol. The van der Waals surface area contributed by atoms with Crippen LogP contribution in [-0.4, -0.2) is 26.3 Å². The standard InChI is InChI=1S/C24H22N2O4/c1-27-18-8-4-16(5-9-18)26-17-6-10-19(11-7-17)30-22-12-13-25-21-15-24(29-3)23(28-2)14-20(21)22/h4-15,26H,1-3H3. The lowest BCUT2D eigenvalue weighted by Crippen LogP contribution is -1.94. The molecule has 0 radical (unpaired) electrons. The molecular weight excluding hydrogens is 380 g/mol. The van der Waals surface area contributed by atoms with Crippen LogP contribution >= 0.6 is 0 Å².